The van der Waals surface area contributed by atoms with E-state index in [1.54, 1.807) is 0 Å². The van der Waals surface area contributed by atoms with Gasteiger partial charge in [0, 0.05) is 34.8 Å². The molecule has 44 heavy (non-hydrogen) atoms. The Bertz CT molecular complexity index is 2030. The fourth-order valence-electron chi connectivity index (χ4n) is 9.10. The van der Waals surface area contributed by atoms with Crippen molar-refractivity contribution in [3.05, 3.63) is 167 Å². The van der Waals surface area contributed by atoms with Gasteiger partial charge >= 0.3 is 0 Å². The molecule has 0 N–H and O–H groups in total. The first-order valence-electron chi connectivity index (χ1n) is 16.0. The van der Waals surface area contributed by atoms with Crippen LogP contribution in [-0.2, 0) is 26.2 Å². The van der Waals surface area contributed by atoms with E-state index in [1.807, 2.05) is 0 Å². The van der Waals surface area contributed by atoms with Gasteiger partial charge in [-0.1, -0.05) is 97.1 Å². The lowest BCUT2D eigenvalue weighted by Crippen LogP contribution is -2.44. The van der Waals surface area contributed by atoms with Crippen LogP contribution in [0.25, 0.3) is 22.1 Å². The van der Waals surface area contributed by atoms with Crippen LogP contribution in [0.15, 0.2) is 134 Å². The van der Waals surface area contributed by atoms with Crippen LogP contribution in [0.5, 0.6) is 0 Å². The quantitative estimate of drug-likeness (QED) is 0.179. The van der Waals surface area contributed by atoms with Gasteiger partial charge in [-0.05, 0) is 46.5 Å². The standard InChI is InChI=1S/C40H34N4/c1-2-12-28-22-42-26-44(38-20-10-8-18-36(38)42)24-34-33(23-43-25-41(21-27(28)11-1)35-17-7-9-19-37(35)43)39-29-13-3-5-15-31(29)40(34)32-16-6-4-14-30(32)39/h1-20,25-26,33-34,39-40H,21-24H2/q+2/t33-,34-,39?,40?/m1/s1. The summed E-state index contributed by atoms with van der Waals surface area (Å²) < 4.78 is 10.1. The molecule has 212 valence electrons. The number of benzene rings is 5. The van der Waals surface area contributed by atoms with Gasteiger partial charge in [0.05, 0.1) is 13.1 Å². The third-order valence-corrected chi connectivity index (χ3v) is 10.9. The third kappa shape index (κ3) is 3.45. The van der Waals surface area contributed by atoms with E-state index in [1.165, 1.54) is 55.4 Å². The largest absolute Gasteiger partial charge is 0.245 e. The van der Waals surface area contributed by atoms with Crippen LogP contribution >= 0.6 is 0 Å². The SMILES string of the molecule is c1ccc2c(c1)C[n+]1cn(c3ccccc31)C[C@H]1C3c4ccccc4C(c4ccccc43)[C@@H]1Cn1c[n+](c3ccccc31)C2. The Kier molecular flexibility index (Phi) is 5.16. The molecule has 1 aliphatic heterocycles. The predicted molar refractivity (Wildman–Crippen MR) is 172 cm³/mol. The molecule has 0 unspecified atom stereocenters. The minimum absolute atomic E-state index is 0.370. The van der Waals surface area contributed by atoms with Gasteiger partial charge in [-0.15, -0.1) is 0 Å². The van der Waals surface area contributed by atoms with Gasteiger partial charge in [-0.3, -0.25) is 0 Å². The van der Waals surface area contributed by atoms with E-state index >= 15 is 0 Å². The molecule has 5 aromatic carbocycles. The van der Waals surface area contributed by atoms with Crippen LogP contribution in [0.4, 0.5) is 0 Å². The number of imidazole rings is 2. The zero-order valence-electron chi connectivity index (χ0n) is 24.6. The first-order valence-corrected chi connectivity index (χ1v) is 16.0. The van der Waals surface area contributed by atoms with Crippen LogP contribution in [-0.4, -0.2) is 9.13 Å². The average molecular weight is 571 g/mol. The lowest BCUT2D eigenvalue weighted by molar-refractivity contribution is -0.668. The van der Waals surface area contributed by atoms with E-state index in [4.69, 9.17) is 0 Å². The Morgan fingerprint density at radius 2 is 0.795 bits per heavy atom. The zero-order chi connectivity index (χ0) is 28.8. The lowest BCUT2D eigenvalue weighted by Gasteiger charge is -2.49. The second kappa shape index (κ2) is 9.27. The fourth-order valence-corrected chi connectivity index (χ4v) is 9.10. The number of aromatic nitrogens is 4. The normalized spacial score (nSPS) is 21.7. The van der Waals surface area contributed by atoms with Gasteiger partial charge in [0.2, 0.25) is 12.7 Å². The molecule has 3 heterocycles. The van der Waals surface area contributed by atoms with E-state index in [0.717, 1.165) is 26.2 Å². The second-order valence-corrected chi connectivity index (χ2v) is 13.1. The summed E-state index contributed by atoms with van der Waals surface area (Å²) in [6.07, 6.45) is 4.81. The van der Waals surface area contributed by atoms with Crippen LogP contribution < -0.4 is 9.13 Å². The Labute approximate surface area is 257 Å². The molecule has 2 atom stereocenters. The highest BCUT2D eigenvalue weighted by molar-refractivity contribution is 5.72. The van der Waals surface area contributed by atoms with Gasteiger partial charge < -0.3 is 0 Å². The van der Waals surface area contributed by atoms with Crippen molar-refractivity contribution in [3.63, 3.8) is 0 Å². The molecule has 11 rings (SSSR count). The lowest BCUT2D eigenvalue weighted by atomic mass is 9.54. The number of hydrogen-bond acceptors (Lipinski definition) is 0. The summed E-state index contributed by atoms with van der Waals surface area (Å²) >= 11 is 0. The van der Waals surface area contributed by atoms with E-state index in [9.17, 15) is 0 Å². The molecule has 7 aromatic rings. The number of fused-ring (bicyclic) bond motifs is 11. The third-order valence-electron chi connectivity index (χ3n) is 10.9. The Morgan fingerprint density at radius 3 is 1.23 bits per heavy atom. The van der Waals surface area contributed by atoms with E-state index in [2.05, 4.69) is 152 Å². The molecule has 0 fully saturated rings. The number of nitrogens with zero attached hydrogens (tertiary/aromatic N) is 4. The fraction of sp³-hybridized carbons (Fsp3) is 0.200. The summed E-state index contributed by atoms with van der Waals surface area (Å²) in [6.45, 7) is 3.69. The van der Waals surface area contributed by atoms with Crippen molar-refractivity contribution in [1.29, 1.82) is 0 Å². The molecule has 0 amide bonds. The molecule has 3 aliphatic carbocycles. The molecule has 0 saturated carbocycles. The molecule has 0 spiro atoms. The highest BCUT2D eigenvalue weighted by atomic mass is 15.2. The summed E-state index contributed by atoms with van der Waals surface area (Å²) in [5.41, 5.74) is 14.1. The molecular formula is C40H34N4+2. The maximum atomic E-state index is 2.57. The first-order chi connectivity index (χ1) is 21.8. The van der Waals surface area contributed by atoms with Gasteiger partial charge in [-0.2, -0.15) is 0 Å². The molecular weight excluding hydrogens is 536 g/mol. The van der Waals surface area contributed by atoms with Crippen molar-refractivity contribution in [1.82, 2.24) is 9.13 Å². The molecule has 4 heteroatoms. The Balaban J connectivity index is 1.25. The summed E-state index contributed by atoms with van der Waals surface area (Å²) in [5.74, 6) is 1.65. The van der Waals surface area contributed by atoms with Crippen LogP contribution in [0, 0.1) is 11.8 Å². The zero-order valence-corrected chi connectivity index (χ0v) is 24.6. The van der Waals surface area contributed by atoms with E-state index in [0.29, 0.717) is 23.7 Å². The van der Waals surface area contributed by atoms with Gasteiger partial charge in [-0.25, -0.2) is 18.3 Å². The summed E-state index contributed by atoms with van der Waals surface area (Å²) in [5, 5.41) is 0. The van der Waals surface area contributed by atoms with Gasteiger partial charge in [0.1, 0.15) is 13.1 Å². The molecule has 4 nitrogen and oxygen atoms in total. The molecule has 4 aliphatic rings. The minimum Gasteiger partial charge on any atom is -0.230 e. The van der Waals surface area contributed by atoms with E-state index in [-0.39, 0.29) is 0 Å². The van der Waals surface area contributed by atoms with E-state index < -0.39 is 0 Å². The van der Waals surface area contributed by atoms with Crippen molar-refractivity contribution in [2.75, 3.05) is 0 Å². The van der Waals surface area contributed by atoms with Crippen LogP contribution in [0.3, 0.4) is 0 Å². The minimum atomic E-state index is 0.370. The van der Waals surface area contributed by atoms with Crippen molar-refractivity contribution < 1.29 is 9.13 Å². The number of rotatable bonds is 0. The molecule has 6 bridgehead atoms. The maximum absolute atomic E-state index is 2.57. The van der Waals surface area contributed by atoms with Gasteiger partial charge in [0.25, 0.3) is 0 Å². The van der Waals surface area contributed by atoms with Crippen molar-refractivity contribution in [3.8, 4) is 0 Å². The number of para-hydroxylation sites is 4. The summed E-state index contributed by atoms with van der Waals surface area (Å²) in [4.78, 5) is 0. The van der Waals surface area contributed by atoms with Crippen LogP contribution in [0.1, 0.15) is 45.2 Å². The Morgan fingerprint density at radius 1 is 0.432 bits per heavy atom. The monoisotopic (exact) mass is 570 g/mol. The molecule has 2 aromatic heterocycles. The Hall–Kier alpha value is -4.96. The van der Waals surface area contributed by atoms with Crippen LogP contribution in [0.2, 0.25) is 0 Å². The van der Waals surface area contributed by atoms with Crippen molar-refractivity contribution >= 4 is 22.1 Å². The number of hydrogen-bond donors (Lipinski definition) is 0. The highest BCUT2D eigenvalue weighted by Crippen LogP contribution is 2.59. The second-order valence-electron chi connectivity index (χ2n) is 13.1. The average Bonchev–Trinajstić information content (AvgIpc) is 3.59. The van der Waals surface area contributed by atoms with Gasteiger partial charge in [0.15, 0.2) is 22.1 Å². The summed E-state index contributed by atoms with van der Waals surface area (Å²) in [7, 11) is 0. The van der Waals surface area contributed by atoms with Crippen molar-refractivity contribution in [2.45, 2.75) is 38.0 Å². The molecule has 0 saturated heterocycles. The predicted octanol–water partition coefficient (Wildman–Crippen LogP) is 6.80. The van der Waals surface area contributed by atoms with Crippen molar-refractivity contribution in [2.24, 2.45) is 11.8 Å². The molecule has 0 radical (unpaired) electrons. The summed E-state index contributed by atoms with van der Waals surface area (Å²) in [6, 6.07) is 45.6. The smallest absolute Gasteiger partial charge is 0.230 e. The first kappa shape index (κ1) is 24.5. The highest BCUT2D eigenvalue weighted by Gasteiger charge is 2.51. The maximum Gasteiger partial charge on any atom is 0.245 e. The topological polar surface area (TPSA) is 17.6 Å².